The standard InChI is InChI=1S/C12H24N2O3.C11H23NO2.C7H16N2O.C5H14N2.C2HF3O2/c1-10(15)13(5)8-7-9-14(6)11(16)17-12(2,3)4;1-6-7-8-9-12(5)10(13)14-11(2,3)4;1-7(10)9(3)6-4-5-8-2;1-6-4-3-5-7-2;3-2(4,5)1(6)7/h7-9H2,1-6H3;6-9H2,1-5H3;8H,4-6H2,1-3H3;6-7H,3-5H2,1-2H3;(H,6,7). The van der Waals surface area contributed by atoms with E-state index in [1.54, 1.807) is 42.8 Å². The average molecular weight is 806 g/mol. The number of hydrogen-bond donors (Lipinski definition) is 4. The second kappa shape index (κ2) is 35.1. The zero-order valence-electron chi connectivity index (χ0n) is 36.9. The number of hydrogen-bond acceptors (Lipinski definition) is 10. The molecule has 0 aromatic rings. The Morgan fingerprint density at radius 1 is 0.545 bits per heavy atom. The summed E-state index contributed by atoms with van der Waals surface area (Å²) in [4.78, 5) is 60.1. The number of unbranched alkanes of at least 4 members (excludes halogenated alkanes) is 2. The van der Waals surface area contributed by atoms with Crippen LogP contribution in [0.4, 0.5) is 22.8 Å². The minimum absolute atomic E-state index is 0.0323. The van der Waals surface area contributed by atoms with Gasteiger partial charge in [-0.3, -0.25) is 9.59 Å². The molecular formula is C37H78F3N7O8. The van der Waals surface area contributed by atoms with Crippen molar-refractivity contribution < 1.29 is 51.7 Å². The van der Waals surface area contributed by atoms with Crippen LogP contribution in [0.3, 0.4) is 0 Å². The fourth-order valence-electron chi connectivity index (χ4n) is 3.26. The maximum Gasteiger partial charge on any atom is 0.490 e. The van der Waals surface area contributed by atoms with Gasteiger partial charge in [0.25, 0.3) is 0 Å². The summed E-state index contributed by atoms with van der Waals surface area (Å²) >= 11 is 0. The molecule has 0 saturated carbocycles. The van der Waals surface area contributed by atoms with Crippen molar-refractivity contribution in [3.05, 3.63) is 0 Å². The summed E-state index contributed by atoms with van der Waals surface area (Å²) in [6.45, 7) is 22.4. The Kier molecular flexibility index (Phi) is 38.8. The highest BCUT2D eigenvalue weighted by Crippen LogP contribution is 2.13. The largest absolute Gasteiger partial charge is 0.490 e. The van der Waals surface area contributed by atoms with E-state index in [0.29, 0.717) is 13.1 Å². The van der Waals surface area contributed by atoms with Gasteiger partial charge in [-0.2, -0.15) is 13.2 Å². The number of amides is 4. The van der Waals surface area contributed by atoms with Crippen LogP contribution in [0.2, 0.25) is 0 Å². The van der Waals surface area contributed by atoms with Crippen LogP contribution < -0.4 is 16.0 Å². The molecule has 0 aliphatic heterocycles. The van der Waals surface area contributed by atoms with Crippen molar-refractivity contribution in [3.8, 4) is 0 Å². The third kappa shape index (κ3) is 50.6. The highest BCUT2D eigenvalue weighted by molar-refractivity contribution is 5.73. The fourth-order valence-corrected chi connectivity index (χ4v) is 3.26. The first-order chi connectivity index (χ1) is 25.0. The molecule has 0 aliphatic rings. The molecule has 4 N–H and O–H groups in total. The van der Waals surface area contributed by atoms with E-state index in [-0.39, 0.29) is 24.0 Å². The van der Waals surface area contributed by atoms with Crippen molar-refractivity contribution in [2.45, 2.75) is 118 Å². The van der Waals surface area contributed by atoms with Gasteiger partial charge in [-0.1, -0.05) is 19.8 Å². The van der Waals surface area contributed by atoms with Crippen LogP contribution in [-0.2, 0) is 23.9 Å². The molecule has 0 spiro atoms. The van der Waals surface area contributed by atoms with Crippen molar-refractivity contribution in [3.63, 3.8) is 0 Å². The first-order valence-electron chi connectivity index (χ1n) is 18.6. The van der Waals surface area contributed by atoms with Gasteiger partial charge in [0.2, 0.25) is 11.8 Å². The predicted molar refractivity (Wildman–Crippen MR) is 213 cm³/mol. The summed E-state index contributed by atoms with van der Waals surface area (Å²) in [5.41, 5.74) is -0.863. The van der Waals surface area contributed by atoms with E-state index < -0.39 is 23.3 Å². The van der Waals surface area contributed by atoms with Gasteiger partial charge >= 0.3 is 24.3 Å². The van der Waals surface area contributed by atoms with Crippen LogP contribution >= 0.6 is 0 Å². The number of alkyl halides is 3. The van der Waals surface area contributed by atoms with Gasteiger partial charge in [-0.15, -0.1) is 0 Å². The molecule has 0 saturated heterocycles. The maximum absolute atomic E-state index is 11.6. The zero-order valence-corrected chi connectivity index (χ0v) is 36.9. The quantitative estimate of drug-likeness (QED) is 0.150. The maximum atomic E-state index is 11.6. The number of ether oxygens (including phenoxy) is 2. The first kappa shape index (κ1) is 60.9. The second-order valence-corrected chi connectivity index (χ2v) is 14.6. The van der Waals surface area contributed by atoms with Crippen LogP contribution in [-0.4, -0.2) is 167 Å². The lowest BCUT2D eigenvalue weighted by Gasteiger charge is -2.25. The Hall–Kier alpha value is -3.38. The molecule has 0 fully saturated rings. The first-order valence-corrected chi connectivity index (χ1v) is 18.6. The van der Waals surface area contributed by atoms with Gasteiger partial charge in [0, 0.05) is 68.2 Å². The molecule has 0 rings (SSSR count). The Morgan fingerprint density at radius 3 is 1.11 bits per heavy atom. The molecule has 0 bridgehead atoms. The summed E-state index contributed by atoms with van der Waals surface area (Å²) < 4.78 is 42.2. The number of carboxylic acid groups (broad SMARTS) is 1. The number of carboxylic acids is 1. The second-order valence-electron chi connectivity index (χ2n) is 14.6. The van der Waals surface area contributed by atoms with Crippen molar-refractivity contribution in [1.29, 1.82) is 0 Å². The Morgan fingerprint density at radius 2 is 0.836 bits per heavy atom. The van der Waals surface area contributed by atoms with E-state index in [4.69, 9.17) is 19.4 Å². The van der Waals surface area contributed by atoms with Crippen LogP contribution in [0.1, 0.15) is 101 Å². The highest BCUT2D eigenvalue weighted by Gasteiger charge is 2.38. The molecule has 15 nitrogen and oxygen atoms in total. The number of aliphatic carboxylic acids is 1. The molecule has 0 atom stereocenters. The number of nitrogens with zero attached hydrogens (tertiary/aromatic N) is 4. The zero-order chi connectivity index (χ0) is 44.4. The van der Waals surface area contributed by atoms with Gasteiger partial charge in [-0.05, 0) is 108 Å². The minimum atomic E-state index is -5.08. The van der Waals surface area contributed by atoms with E-state index in [9.17, 15) is 32.3 Å². The van der Waals surface area contributed by atoms with Gasteiger partial charge in [-0.25, -0.2) is 14.4 Å². The molecule has 0 radical (unpaired) electrons. The van der Waals surface area contributed by atoms with Crippen LogP contribution in [0.25, 0.3) is 0 Å². The molecule has 18 heteroatoms. The third-order valence-corrected chi connectivity index (χ3v) is 6.59. The van der Waals surface area contributed by atoms with Crippen LogP contribution in [0.5, 0.6) is 0 Å². The van der Waals surface area contributed by atoms with Crippen molar-refractivity contribution in [1.82, 2.24) is 35.6 Å². The van der Waals surface area contributed by atoms with Crippen LogP contribution in [0, 0.1) is 0 Å². The number of nitrogens with one attached hydrogen (secondary N) is 3. The van der Waals surface area contributed by atoms with E-state index >= 15 is 0 Å². The van der Waals surface area contributed by atoms with Crippen molar-refractivity contribution in [2.75, 3.05) is 95.1 Å². The molecule has 0 aromatic carbocycles. The predicted octanol–water partition coefficient (Wildman–Crippen LogP) is 5.29. The topological polar surface area (TPSA) is 173 Å². The van der Waals surface area contributed by atoms with Crippen molar-refractivity contribution in [2.24, 2.45) is 0 Å². The Bertz CT molecular complexity index is 1000. The minimum Gasteiger partial charge on any atom is -0.475 e. The number of halogens is 3. The Labute approximate surface area is 330 Å². The van der Waals surface area contributed by atoms with E-state index in [1.165, 1.54) is 24.7 Å². The summed E-state index contributed by atoms with van der Waals surface area (Å²) in [5, 5.41) is 16.3. The van der Waals surface area contributed by atoms with E-state index in [1.807, 2.05) is 69.7 Å². The van der Waals surface area contributed by atoms with Gasteiger partial charge in [0.05, 0.1) is 0 Å². The molecular weight excluding hydrogens is 727 g/mol. The molecule has 0 heterocycles. The molecule has 0 unspecified atom stereocenters. The Balaban J connectivity index is -0.000000198. The summed E-state index contributed by atoms with van der Waals surface area (Å²) in [5.74, 6) is -2.59. The average Bonchev–Trinajstić information content (AvgIpc) is 3.04. The molecule has 4 amide bonds. The normalized spacial score (nSPS) is 10.6. The highest BCUT2D eigenvalue weighted by atomic mass is 19.4. The summed E-state index contributed by atoms with van der Waals surface area (Å²) in [6.07, 6.45) is 0.712. The van der Waals surface area contributed by atoms with Gasteiger partial charge < -0.3 is 50.1 Å². The summed E-state index contributed by atoms with van der Waals surface area (Å²) in [6, 6.07) is 0. The molecule has 330 valence electrons. The van der Waals surface area contributed by atoms with Gasteiger partial charge in [0.1, 0.15) is 11.2 Å². The van der Waals surface area contributed by atoms with Gasteiger partial charge in [0.15, 0.2) is 0 Å². The monoisotopic (exact) mass is 806 g/mol. The third-order valence-electron chi connectivity index (χ3n) is 6.59. The fraction of sp³-hybridized carbons (Fsp3) is 0.865. The lowest BCUT2D eigenvalue weighted by atomic mass is 10.2. The lowest BCUT2D eigenvalue weighted by Crippen LogP contribution is -2.36. The lowest BCUT2D eigenvalue weighted by molar-refractivity contribution is -0.192. The molecule has 55 heavy (non-hydrogen) atoms. The van der Waals surface area contributed by atoms with Crippen LogP contribution in [0.15, 0.2) is 0 Å². The summed E-state index contributed by atoms with van der Waals surface area (Å²) in [7, 11) is 12.9. The number of carbonyl (C=O) groups excluding carboxylic acids is 4. The van der Waals surface area contributed by atoms with E-state index in [0.717, 1.165) is 58.4 Å². The van der Waals surface area contributed by atoms with E-state index in [2.05, 4.69) is 22.9 Å². The number of rotatable bonds is 16. The SMILES string of the molecule is CC(=O)N(C)CCCN(C)C(=O)OC(C)(C)C.CCCCCN(C)C(=O)OC(C)(C)C.CNCCCN(C)C(C)=O.CNCCCNC.O=C(O)C(F)(F)F. The molecule has 0 aliphatic carbocycles. The smallest absolute Gasteiger partial charge is 0.475 e. The molecule has 0 aromatic heterocycles. The number of carbonyl (C=O) groups is 5. The van der Waals surface area contributed by atoms with Crippen molar-refractivity contribution >= 4 is 30.0 Å².